The summed E-state index contributed by atoms with van der Waals surface area (Å²) in [6.07, 6.45) is 0. The molecular formula is C12H12Cl2FN5. The number of benzene rings is 1. The number of halogens is 3. The van der Waals surface area contributed by atoms with E-state index in [-0.39, 0.29) is 16.0 Å². The van der Waals surface area contributed by atoms with Crippen LogP contribution in [0.25, 0.3) is 0 Å². The van der Waals surface area contributed by atoms with Gasteiger partial charge in [0.2, 0.25) is 5.95 Å². The fourth-order valence-electron chi connectivity index (χ4n) is 1.58. The van der Waals surface area contributed by atoms with E-state index < -0.39 is 5.82 Å². The zero-order valence-corrected chi connectivity index (χ0v) is 12.1. The van der Waals surface area contributed by atoms with Crippen molar-refractivity contribution in [2.24, 2.45) is 0 Å². The summed E-state index contributed by atoms with van der Waals surface area (Å²) in [7, 11) is 0. The molecular weight excluding hydrogens is 304 g/mol. The Kier molecular flexibility index (Phi) is 4.46. The number of nitrogen functional groups attached to an aromatic ring is 1. The molecule has 0 saturated heterocycles. The van der Waals surface area contributed by atoms with Crippen LogP contribution in [0.3, 0.4) is 0 Å². The number of anilines is 4. The first-order valence-corrected chi connectivity index (χ1v) is 6.55. The summed E-state index contributed by atoms with van der Waals surface area (Å²) < 4.78 is 13.3. The van der Waals surface area contributed by atoms with E-state index in [0.717, 1.165) is 0 Å². The summed E-state index contributed by atoms with van der Waals surface area (Å²) in [4.78, 5) is 8.05. The van der Waals surface area contributed by atoms with Gasteiger partial charge in [0, 0.05) is 18.3 Å². The normalized spacial score (nSPS) is 10.4. The van der Waals surface area contributed by atoms with Crippen molar-refractivity contribution in [3.63, 3.8) is 0 Å². The molecule has 0 bridgehead atoms. The van der Waals surface area contributed by atoms with Gasteiger partial charge in [0.05, 0.1) is 10.0 Å². The largest absolute Gasteiger partial charge is 0.370 e. The topological polar surface area (TPSA) is 75.9 Å². The van der Waals surface area contributed by atoms with E-state index >= 15 is 0 Å². The summed E-state index contributed by atoms with van der Waals surface area (Å²) in [5, 5.41) is 5.82. The Morgan fingerprint density at radius 1 is 1.15 bits per heavy atom. The maximum absolute atomic E-state index is 13.3. The molecule has 106 valence electrons. The molecule has 0 saturated carbocycles. The second kappa shape index (κ2) is 6.11. The standard InChI is InChI=1S/C12H12Cl2FN5/c1-2-17-9-5-10(20-12(16)19-9)18-6-3-7(13)11(15)8(14)4-6/h3-5H,2H2,1H3,(H4,16,17,18,19,20). The summed E-state index contributed by atoms with van der Waals surface area (Å²) >= 11 is 11.5. The molecule has 0 aliphatic heterocycles. The highest BCUT2D eigenvalue weighted by Crippen LogP contribution is 2.29. The molecule has 4 N–H and O–H groups in total. The smallest absolute Gasteiger partial charge is 0.223 e. The SMILES string of the molecule is CCNc1cc(Nc2cc(Cl)c(F)c(Cl)c2)nc(N)n1. The van der Waals surface area contributed by atoms with E-state index in [0.29, 0.717) is 23.9 Å². The zero-order valence-electron chi connectivity index (χ0n) is 10.5. The molecule has 0 spiro atoms. The maximum atomic E-state index is 13.3. The fraction of sp³-hybridized carbons (Fsp3) is 0.167. The van der Waals surface area contributed by atoms with E-state index in [1.165, 1.54) is 12.1 Å². The Hall–Kier alpha value is -1.79. The number of nitrogens with one attached hydrogen (secondary N) is 2. The number of hydrogen-bond acceptors (Lipinski definition) is 5. The van der Waals surface area contributed by atoms with Gasteiger partial charge in [-0.15, -0.1) is 0 Å². The number of nitrogens with two attached hydrogens (primary N) is 1. The minimum absolute atomic E-state index is 0.0751. The summed E-state index contributed by atoms with van der Waals surface area (Å²) in [5.74, 6) is 0.494. The van der Waals surface area contributed by atoms with Gasteiger partial charge in [0.25, 0.3) is 0 Å². The molecule has 0 unspecified atom stereocenters. The van der Waals surface area contributed by atoms with Gasteiger partial charge in [-0.05, 0) is 19.1 Å². The lowest BCUT2D eigenvalue weighted by molar-refractivity contribution is 0.629. The molecule has 0 radical (unpaired) electrons. The van der Waals surface area contributed by atoms with Crippen LogP contribution >= 0.6 is 23.2 Å². The molecule has 0 amide bonds. The van der Waals surface area contributed by atoms with Crippen LogP contribution in [0.2, 0.25) is 10.0 Å². The fourth-order valence-corrected chi connectivity index (χ4v) is 2.06. The van der Waals surface area contributed by atoms with E-state index in [4.69, 9.17) is 28.9 Å². The van der Waals surface area contributed by atoms with Crippen molar-refractivity contribution in [1.82, 2.24) is 9.97 Å². The highest BCUT2D eigenvalue weighted by Gasteiger charge is 2.09. The molecule has 5 nitrogen and oxygen atoms in total. The Bertz CT molecular complexity index is 612. The summed E-state index contributed by atoms with van der Waals surface area (Å²) in [5.41, 5.74) is 6.11. The first-order chi connectivity index (χ1) is 9.49. The van der Waals surface area contributed by atoms with Gasteiger partial charge in [-0.3, -0.25) is 0 Å². The average molecular weight is 316 g/mol. The van der Waals surface area contributed by atoms with Crippen LogP contribution in [0, 0.1) is 5.82 Å². The molecule has 2 aromatic rings. The number of aromatic nitrogens is 2. The Balaban J connectivity index is 2.30. The lowest BCUT2D eigenvalue weighted by Crippen LogP contribution is -2.05. The monoisotopic (exact) mass is 315 g/mol. The number of nitrogens with zero attached hydrogens (tertiary/aromatic N) is 2. The van der Waals surface area contributed by atoms with Gasteiger partial charge >= 0.3 is 0 Å². The summed E-state index contributed by atoms with van der Waals surface area (Å²) in [6.45, 7) is 2.63. The van der Waals surface area contributed by atoms with Crippen molar-refractivity contribution in [3.05, 3.63) is 34.1 Å². The molecule has 0 aliphatic carbocycles. The van der Waals surface area contributed by atoms with Gasteiger partial charge in [-0.25, -0.2) is 4.39 Å². The summed E-state index contributed by atoms with van der Waals surface area (Å²) in [6, 6.07) is 4.49. The highest BCUT2D eigenvalue weighted by atomic mass is 35.5. The lowest BCUT2D eigenvalue weighted by atomic mass is 10.3. The first kappa shape index (κ1) is 14.6. The maximum Gasteiger partial charge on any atom is 0.223 e. The average Bonchev–Trinajstić information content (AvgIpc) is 2.35. The zero-order chi connectivity index (χ0) is 14.7. The molecule has 0 aliphatic rings. The quantitative estimate of drug-likeness (QED) is 0.750. The molecule has 1 aromatic heterocycles. The van der Waals surface area contributed by atoms with Crippen molar-refractivity contribution < 1.29 is 4.39 Å². The van der Waals surface area contributed by atoms with Crippen molar-refractivity contribution in [1.29, 1.82) is 0 Å². The number of rotatable bonds is 4. The Labute approximate surface area is 125 Å². The van der Waals surface area contributed by atoms with E-state index in [1.807, 2.05) is 6.92 Å². The molecule has 2 rings (SSSR count). The van der Waals surface area contributed by atoms with Crippen molar-refractivity contribution in [2.45, 2.75) is 6.92 Å². The van der Waals surface area contributed by atoms with E-state index in [2.05, 4.69) is 20.6 Å². The number of hydrogen-bond donors (Lipinski definition) is 3. The third kappa shape index (κ3) is 3.40. The minimum atomic E-state index is -0.658. The Morgan fingerprint density at radius 3 is 2.35 bits per heavy atom. The molecule has 0 atom stereocenters. The van der Waals surface area contributed by atoms with Crippen molar-refractivity contribution >= 4 is 46.5 Å². The molecule has 1 aromatic carbocycles. The van der Waals surface area contributed by atoms with Gasteiger partial charge in [0.1, 0.15) is 11.6 Å². The van der Waals surface area contributed by atoms with Crippen LogP contribution in [0.5, 0.6) is 0 Å². The van der Waals surface area contributed by atoms with Crippen LogP contribution in [0.1, 0.15) is 6.92 Å². The second-order valence-electron chi connectivity index (χ2n) is 3.91. The van der Waals surface area contributed by atoms with Gasteiger partial charge in [-0.2, -0.15) is 9.97 Å². The third-order valence-electron chi connectivity index (χ3n) is 2.36. The highest BCUT2D eigenvalue weighted by molar-refractivity contribution is 6.35. The third-order valence-corrected chi connectivity index (χ3v) is 2.91. The van der Waals surface area contributed by atoms with Crippen LogP contribution in [-0.4, -0.2) is 16.5 Å². The van der Waals surface area contributed by atoms with Gasteiger partial charge < -0.3 is 16.4 Å². The molecule has 1 heterocycles. The first-order valence-electron chi connectivity index (χ1n) is 5.79. The molecule has 0 fully saturated rings. The van der Waals surface area contributed by atoms with Crippen LogP contribution in [0.15, 0.2) is 18.2 Å². The predicted octanol–water partition coefficient (Wildman–Crippen LogP) is 3.68. The molecule has 20 heavy (non-hydrogen) atoms. The van der Waals surface area contributed by atoms with Crippen LogP contribution in [0.4, 0.5) is 27.7 Å². The van der Waals surface area contributed by atoms with Crippen molar-refractivity contribution in [3.8, 4) is 0 Å². The van der Waals surface area contributed by atoms with Gasteiger partial charge in [-0.1, -0.05) is 23.2 Å². The van der Waals surface area contributed by atoms with E-state index in [9.17, 15) is 4.39 Å². The predicted molar refractivity (Wildman–Crippen MR) is 80.3 cm³/mol. The van der Waals surface area contributed by atoms with Gasteiger partial charge in [0.15, 0.2) is 5.82 Å². The van der Waals surface area contributed by atoms with Crippen molar-refractivity contribution in [2.75, 3.05) is 22.9 Å². The lowest BCUT2D eigenvalue weighted by Gasteiger charge is -2.10. The molecule has 8 heteroatoms. The second-order valence-corrected chi connectivity index (χ2v) is 4.72. The van der Waals surface area contributed by atoms with Crippen LogP contribution in [-0.2, 0) is 0 Å². The van der Waals surface area contributed by atoms with Crippen LogP contribution < -0.4 is 16.4 Å². The minimum Gasteiger partial charge on any atom is -0.370 e. The van der Waals surface area contributed by atoms with E-state index in [1.54, 1.807) is 6.07 Å². The Morgan fingerprint density at radius 2 is 1.75 bits per heavy atom.